The Balaban J connectivity index is 1.81. The van der Waals surface area contributed by atoms with Gasteiger partial charge in [-0.3, -0.25) is 9.78 Å². The fraction of sp³-hybridized carbons (Fsp3) is 0.368. The average molecular weight is 327 g/mol. The van der Waals surface area contributed by atoms with Crippen molar-refractivity contribution < 1.29 is 9.18 Å². The molecule has 0 unspecified atom stereocenters. The van der Waals surface area contributed by atoms with Gasteiger partial charge in [0.15, 0.2) is 0 Å². The van der Waals surface area contributed by atoms with Crippen LogP contribution in [0, 0.1) is 5.82 Å². The van der Waals surface area contributed by atoms with Gasteiger partial charge in [-0.2, -0.15) is 0 Å². The van der Waals surface area contributed by atoms with Crippen molar-refractivity contribution in [2.45, 2.75) is 32.2 Å². The lowest BCUT2D eigenvalue weighted by atomic mass is 10.0. The molecule has 0 radical (unpaired) electrons. The summed E-state index contributed by atoms with van der Waals surface area (Å²) in [5.41, 5.74) is 1.59. The molecule has 0 aliphatic carbocycles. The third-order valence-electron chi connectivity index (χ3n) is 4.64. The Morgan fingerprint density at radius 2 is 2.25 bits per heavy atom. The molecule has 0 saturated carbocycles. The number of likely N-dealkylation sites (tertiary alicyclic amines) is 1. The van der Waals surface area contributed by atoms with E-state index in [1.165, 1.54) is 12.3 Å². The second-order valence-corrected chi connectivity index (χ2v) is 6.09. The fourth-order valence-electron chi connectivity index (χ4n) is 3.35. The lowest BCUT2D eigenvalue weighted by molar-refractivity contribution is 0.102. The van der Waals surface area contributed by atoms with Gasteiger partial charge in [0, 0.05) is 29.7 Å². The fourth-order valence-corrected chi connectivity index (χ4v) is 3.35. The largest absolute Gasteiger partial charge is 0.322 e. The molecule has 1 saturated heterocycles. The molecule has 2 heterocycles. The Morgan fingerprint density at radius 1 is 1.38 bits per heavy atom. The van der Waals surface area contributed by atoms with Crippen LogP contribution in [0.5, 0.6) is 0 Å². The van der Waals surface area contributed by atoms with Crippen molar-refractivity contribution in [1.82, 2.24) is 9.88 Å². The van der Waals surface area contributed by atoms with E-state index in [9.17, 15) is 9.18 Å². The molecule has 0 spiro atoms. The highest BCUT2D eigenvalue weighted by Crippen LogP contribution is 2.27. The van der Waals surface area contributed by atoms with E-state index in [2.05, 4.69) is 22.1 Å². The van der Waals surface area contributed by atoms with E-state index in [1.54, 1.807) is 30.5 Å². The van der Waals surface area contributed by atoms with E-state index in [0.717, 1.165) is 25.9 Å². The molecule has 24 heavy (non-hydrogen) atoms. The predicted octanol–water partition coefficient (Wildman–Crippen LogP) is 3.50. The van der Waals surface area contributed by atoms with Gasteiger partial charge in [-0.25, -0.2) is 4.39 Å². The summed E-state index contributed by atoms with van der Waals surface area (Å²) in [7, 11) is 0. The van der Waals surface area contributed by atoms with Crippen molar-refractivity contribution in [2.75, 3.05) is 18.4 Å². The van der Waals surface area contributed by atoms with Crippen molar-refractivity contribution in [3.05, 3.63) is 59.7 Å². The molecular formula is C19H22FN3O. The molecule has 1 amide bonds. The lowest BCUT2D eigenvalue weighted by Gasteiger charge is -2.24. The monoisotopic (exact) mass is 327 g/mol. The van der Waals surface area contributed by atoms with Crippen LogP contribution in [-0.4, -0.2) is 34.9 Å². The number of pyridine rings is 1. The van der Waals surface area contributed by atoms with Gasteiger partial charge in [-0.15, -0.1) is 0 Å². The van der Waals surface area contributed by atoms with Gasteiger partial charge in [0.25, 0.3) is 5.91 Å². The standard InChI is InChI=1S/C19H22FN3O/c1-2-23-11-5-7-15(23)12-16-17(20)8-3-9-18(16)22-19(24)14-6-4-10-21-13-14/h3-4,6,8-10,13,15H,2,5,7,11-12H2,1H3,(H,22,24)/t15-/m1/s1. The number of hydrogen-bond acceptors (Lipinski definition) is 3. The number of nitrogens with zero attached hydrogens (tertiary/aromatic N) is 2. The molecule has 1 aromatic carbocycles. The van der Waals surface area contributed by atoms with Gasteiger partial charge < -0.3 is 10.2 Å². The summed E-state index contributed by atoms with van der Waals surface area (Å²) in [5.74, 6) is -0.532. The van der Waals surface area contributed by atoms with Crippen LogP contribution in [0.1, 0.15) is 35.7 Å². The van der Waals surface area contributed by atoms with Gasteiger partial charge in [-0.05, 0) is 56.6 Å². The summed E-state index contributed by atoms with van der Waals surface area (Å²) < 4.78 is 14.4. The summed E-state index contributed by atoms with van der Waals surface area (Å²) in [5, 5.41) is 2.84. The van der Waals surface area contributed by atoms with Crippen LogP contribution in [0.25, 0.3) is 0 Å². The Labute approximate surface area is 141 Å². The van der Waals surface area contributed by atoms with Gasteiger partial charge in [0.05, 0.1) is 5.56 Å². The highest BCUT2D eigenvalue weighted by Gasteiger charge is 2.25. The molecule has 1 aromatic heterocycles. The number of halogens is 1. The topological polar surface area (TPSA) is 45.2 Å². The maximum Gasteiger partial charge on any atom is 0.257 e. The number of carbonyl (C=O) groups is 1. The Kier molecular flexibility index (Phi) is 5.20. The van der Waals surface area contributed by atoms with Crippen LogP contribution in [0.15, 0.2) is 42.7 Å². The van der Waals surface area contributed by atoms with E-state index in [1.807, 2.05) is 0 Å². The zero-order valence-corrected chi connectivity index (χ0v) is 13.8. The van der Waals surface area contributed by atoms with Gasteiger partial charge in [-0.1, -0.05) is 13.0 Å². The molecule has 3 rings (SSSR count). The molecule has 0 bridgehead atoms. The second kappa shape index (κ2) is 7.53. The smallest absolute Gasteiger partial charge is 0.257 e. The molecule has 1 fully saturated rings. The predicted molar refractivity (Wildman–Crippen MR) is 92.6 cm³/mol. The van der Waals surface area contributed by atoms with Gasteiger partial charge >= 0.3 is 0 Å². The normalized spacial score (nSPS) is 17.8. The molecule has 5 heteroatoms. The molecular weight excluding hydrogens is 305 g/mol. The molecule has 1 N–H and O–H groups in total. The first kappa shape index (κ1) is 16.6. The zero-order valence-electron chi connectivity index (χ0n) is 13.8. The zero-order chi connectivity index (χ0) is 16.9. The molecule has 1 aliphatic rings. The molecule has 1 aliphatic heterocycles. The number of nitrogens with one attached hydrogen (secondary N) is 1. The molecule has 2 aromatic rings. The van der Waals surface area contributed by atoms with Gasteiger partial charge in [0.1, 0.15) is 5.82 Å². The molecule has 1 atom stereocenters. The number of likely N-dealkylation sites (N-methyl/N-ethyl adjacent to an activating group) is 1. The average Bonchev–Trinajstić information content (AvgIpc) is 3.06. The van der Waals surface area contributed by atoms with E-state index in [0.29, 0.717) is 29.3 Å². The van der Waals surface area contributed by atoms with E-state index in [4.69, 9.17) is 0 Å². The first-order valence-electron chi connectivity index (χ1n) is 8.42. The van der Waals surface area contributed by atoms with Crippen LogP contribution in [0.3, 0.4) is 0 Å². The summed E-state index contributed by atoms with van der Waals surface area (Å²) in [4.78, 5) is 18.7. The summed E-state index contributed by atoms with van der Waals surface area (Å²) in [6, 6.07) is 8.58. The molecule has 4 nitrogen and oxygen atoms in total. The highest BCUT2D eigenvalue weighted by molar-refractivity contribution is 6.04. The quantitative estimate of drug-likeness (QED) is 0.914. The van der Waals surface area contributed by atoms with Gasteiger partial charge in [0.2, 0.25) is 0 Å². The third kappa shape index (κ3) is 3.62. The minimum Gasteiger partial charge on any atom is -0.322 e. The number of amides is 1. The first-order valence-corrected chi connectivity index (χ1v) is 8.42. The van der Waals surface area contributed by atoms with E-state index >= 15 is 0 Å². The summed E-state index contributed by atoms with van der Waals surface area (Å²) in [6.07, 6.45) is 5.94. The number of rotatable bonds is 5. The van der Waals surface area contributed by atoms with Crippen LogP contribution in [0.4, 0.5) is 10.1 Å². The van der Waals surface area contributed by atoms with Crippen LogP contribution in [-0.2, 0) is 6.42 Å². The van der Waals surface area contributed by atoms with E-state index in [-0.39, 0.29) is 11.7 Å². The summed E-state index contributed by atoms with van der Waals surface area (Å²) in [6.45, 7) is 4.16. The highest BCUT2D eigenvalue weighted by atomic mass is 19.1. The van der Waals surface area contributed by atoms with Crippen molar-refractivity contribution in [3.63, 3.8) is 0 Å². The minimum absolute atomic E-state index is 0.262. The SMILES string of the molecule is CCN1CCC[C@@H]1Cc1c(F)cccc1NC(=O)c1cccnc1. The van der Waals surface area contributed by atoms with Crippen LogP contribution in [0.2, 0.25) is 0 Å². The van der Waals surface area contributed by atoms with Crippen LogP contribution >= 0.6 is 0 Å². The van der Waals surface area contributed by atoms with Crippen molar-refractivity contribution in [3.8, 4) is 0 Å². The maximum atomic E-state index is 14.4. The van der Waals surface area contributed by atoms with Crippen molar-refractivity contribution in [2.24, 2.45) is 0 Å². The second-order valence-electron chi connectivity index (χ2n) is 6.09. The number of anilines is 1. The van der Waals surface area contributed by atoms with Crippen molar-refractivity contribution >= 4 is 11.6 Å². The Bertz CT molecular complexity index is 705. The molecule has 126 valence electrons. The third-order valence-corrected chi connectivity index (χ3v) is 4.64. The number of aromatic nitrogens is 1. The Morgan fingerprint density at radius 3 is 3.00 bits per heavy atom. The van der Waals surface area contributed by atoms with Crippen molar-refractivity contribution in [1.29, 1.82) is 0 Å². The summed E-state index contributed by atoms with van der Waals surface area (Å²) >= 11 is 0. The number of carbonyl (C=O) groups excluding carboxylic acids is 1. The maximum absolute atomic E-state index is 14.4. The Hall–Kier alpha value is -2.27. The first-order chi connectivity index (χ1) is 11.7. The number of benzene rings is 1. The lowest BCUT2D eigenvalue weighted by Crippen LogP contribution is -2.31. The van der Waals surface area contributed by atoms with Crippen LogP contribution < -0.4 is 5.32 Å². The number of hydrogen-bond donors (Lipinski definition) is 1. The van der Waals surface area contributed by atoms with E-state index < -0.39 is 0 Å². The minimum atomic E-state index is -0.270.